The van der Waals surface area contributed by atoms with Crippen molar-refractivity contribution in [1.82, 2.24) is 5.32 Å². The standard InChI is InChI=1S/C19H17ClFNO4/c20-15-7-3-14(4-8-15)19(25)22-12-18(24)26-11-1-2-17(23)13-5-9-16(21)10-6-13/h3-10H,1-2,11-12H2,(H,22,25). The largest absolute Gasteiger partial charge is 0.464 e. The van der Waals surface area contributed by atoms with Crippen molar-refractivity contribution in [3.8, 4) is 0 Å². The van der Waals surface area contributed by atoms with E-state index in [0.717, 1.165) is 0 Å². The Bertz CT molecular complexity index is 775. The number of carbonyl (C=O) groups is 3. The summed E-state index contributed by atoms with van der Waals surface area (Å²) in [4.78, 5) is 35.3. The van der Waals surface area contributed by atoms with Crippen molar-refractivity contribution in [2.45, 2.75) is 12.8 Å². The number of esters is 1. The Morgan fingerprint density at radius 1 is 0.962 bits per heavy atom. The Morgan fingerprint density at radius 3 is 2.23 bits per heavy atom. The fourth-order valence-corrected chi connectivity index (χ4v) is 2.23. The van der Waals surface area contributed by atoms with Crippen LogP contribution < -0.4 is 5.32 Å². The molecule has 136 valence electrons. The fourth-order valence-electron chi connectivity index (χ4n) is 2.11. The average molecular weight is 378 g/mol. The summed E-state index contributed by atoms with van der Waals surface area (Å²) in [5.41, 5.74) is 0.792. The maximum atomic E-state index is 12.8. The predicted molar refractivity (Wildman–Crippen MR) is 94.7 cm³/mol. The smallest absolute Gasteiger partial charge is 0.325 e. The number of carbonyl (C=O) groups excluding carboxylic acids is 3. The topological polar surface area (TPSA) is 72.5 Å². The van der Waals surface area contributed by atoms with E-state index in [9.17, 15) is 18.8 Å². The van der Waals surface area contributed by atoms with Crippen LogP contribution in [-0.2, 0) is 9.53 Å². The van der Waals surface area contributed by atoms with E-state index < -0.39 is 17.7 Å². The highest BCUT2D eigenvalue weighted by Gasteiger charge is 2.10. The van der Waals surface area contributed by atoms with Crippen molar-refractivity contribution in [2.75, 3.05) is 13.2 Å². The molecular weight excluding hydrogens is 361 g/mol. The molecule has 1 N–H and O–H groups in total. The minimum absolute atomic E-state index is 0.0581. The summed E-state index contributed by atoms with van der Waals surface area (Å²) < 4.78 is 17.8. The molecule has 0 spiro atoms. The van der Waals surface area contributed by atoms with Crippen LogP contribution in [0.4, 0.5) is 4.39 Å². The lowest BCUT2D eigenvalue weighted by Crippen LogP contribution is -2.30. The van der Waals surface area contributed by atoms with Gasteiger partial charge in [-0.3, -0.25) is 14.4 Å². The average Bonchev–Trinajstić information content (AvgIpc) is 2.64. The predicted octanol–water partition coefficient (Wildman–Crippen LogP) is 3.42. The van der Waals surface area contributed by atoms with E-state index in [2.05, 4.69) is 5.32 Å². The number of amides is 1. The van der Waals surface area contributed by atoms with Gasteiger partial charge in [-0.1, -0.05) is 11.6 Å². The second-order valence-electron chi connectivity index (χ2n) is 5.44. The highest BCUT2D eigenvalue weighted by molar-refractivity contribution is 6.30. The molecule has 0 aliphatic carbocycles. The summed E-state index contributed by atoms with van der Waals surface area (Å²) in [6.07, 6.45) is 0.517. The SMILES string of the molecule is O=C(CNC(=O)c1ccc(Cl)cc1)OCCCC(=O)c1ccc(F)cc1. The molecule has 0 heterocycles. The molecular formula is C19H17ClFNO4. The molecule has 26 heavy (non-hydrogen) atoms. The molecule has 5 nitrogen and oxygen atoms in total. The first-order chi connectivity index (χ1) is 12.5. The highest BCUT2D eigenvalue weighted by Crippen LogP contribution is 2.09. The van der Waals surface area contributed by atoms with Gasteiger partial charge < -0.3 is 10.1 Å². The second kappa shape index (κ2) is 9.68. The van der Waals surface area contributed by atoms with Crippen LogP contribution in [0.3, 0.4) is 0 Å². The van der Waals surface area contributed by atoms with E-state index in [1.165, 1.54) is 24.3 Å². The molecule has 0 fully saturated rings. The molecule has 1 amide bonds. The highest BCUT2D eigenvalue weighted by atomic mass is 35.5. The van der Waals surface area contributed by atoms with Crippen molar-refractivity contribution < 1.29 is 23.5 Å². The third-order valence-corrected chi connectivity index (χ3v) is 3.73. The van der Waals surface area contributed by atoms with Gasteiger partial charge in [0.1, 0.15) is 12.4 Å². The second-order valence-corrected chi connectivity index (χ2v) is 5.88. The molecule has 0 aliphatic rings. The lowest BCUT2D eigenvalue weighted by atomic mass is 10.1. The van der Waals surface area contributed by atoms with Gasteiger partial charge in [0.15, 0.2) is 5.78 Å². The van der Waals surface area contributed by atoms with Crippen LogP contribution in [0, 0.1) is 5.82 Å². The third-order valence-electron chi connectivity index (χ3n) is 3.48. The van der Waals surface area contributed by atoms with Crippen LogP contribution in [0.1, 0.15) is 33.6 Å². The third kappa shape index (κ3) is 6.29. The van der Waals surface area contributed by atoms with Gasteiger partial charge in [0.25, 0.3) is 5.91 Å². The van der Waals surface area contributed by atoms with E-state index in [1.54, 1.807) is 24.3 Å². The molecule has 0 saturated heterocycles. The molecule has 2 aromatic rings. The minimum Gasteiger partial charge on any atom is -0.464 e. The first-order valence-corrected chi connectivity index (χ1v) is 8.31. The summed E-state index contributed by atoms with van der Waals surface area (Å²) in [6, 6.07) is 11.5. The summed E-state index contributed by atoms with van der Waals surface area (Å²) in [5, 5.41) is 2.95. The maximum absolute atomic E-state index is 12.8. The van der Waals surface area contributed by atoms with Gasteiger partial charge in [-0.25, -0.2) is 4.39 Å². The van der Waals surface area contributed by atoms with E-state index in [0.29, 0.717) is 22.6 Å². The molecule has 0 unspecified atom stereocenters. The lowest BCUT2D eigenvalue weighted by Gasteiger charge is -2.07. The number of ketones is 1. The number of hydrogen-bond donors (Lipinski definition) is 1. The molecule has 0 aliphatic heterocycles. The summed E-state index contributed by atoms with van der Waals surface area (Å²) in [7, 11) is 0. The molecule has 0 radical (unpaired) electrons. The molecule has 0 bridgehead atoms. The lowest BCUT2D eigenvalue weighted by molar-refractivity contribution is -0.142. The Hall–Kier alpha value is -2.73. The maximum Gasteiger partial charge on any atom is 0.325 e. The van der Waals surface area contributed by atoms with E-state index in [4.69, 9.17) is 16.3 Å². The van der Waals surface area contributed by atoms with Crippen LogP contribution in [0.5, 0.6) is 0 Å². The Morgan fingerprint density at radius 2 is 1.58 bits per heavy atom. The molecule has 7 heteroatoms. The van der Waals surface area contributed by atoms with E-state index in [-0.39, 0.29) is 25.4 Å². The number of nitrogens with one attached hydrogen (secondary N) is 1. The molecule has 2 rings (SSSR count). The zero-order valence-corrected chi connectivity index (χ0v) is 14.6. The van der Waals surface area contributed by atoms with Gasteiger partial charge in [0, 0.05) is 22.6 Å². The number of rotatable bonds is 8. The van der Waals surface area contributed by atoms with Crippen LogP contribution in [0.25, 0.3) is 0 Å². The molecule has 0 aromatic heterocycles. The minimum atomic E-state index is -0.596. The van der Waals surface area contributed by atoms with Crippen molar-refractivity contribution in [3.63, 3.8) is 0 Å². The zero-order valence-electron chi connectivity index (χ0n) is 13.8. The van der Waals surface area contributed by atoms with Crippen LogP contribution in [-0.4, -0.2) is 30.8 Å². The number of ether oxygens (including phenoxy) is 1. The van der Waals surface area contributed by atoms with Gasteiger partial charge >= 0.3 is 5.97 Å². The van der Waals surface area contributed by atoms with Gasteiger partial charge in [0.05, 0.1) is 6.61 Å². The molecule has 0 atom stereocenters. The fraction of sp³-hybridized carbons (Fsp3) is 0.211. The van der Waals surface area contributed by atoms with Gasteiger partial charge in [-0.15, -0.1) is 0 Å². The first-order valence-electron chi connectivity index (χ1n) is 7.94. The molecule has 2 aromatic carbocycles. The van der Waals surface area contributed by atoms with Gasteiger partial charge in [0.2, 0.25) is 0 Å². The van der Waals surface area contributed by atoms with Crippen molar-refractivity contribution in [2.24, 2.45) is 0 Å². The monoisotopic (exact) mass is 377 g/mol. The van der Waals surface area contributed by atoms with Crippen molar-refractivity contribution in [3.05, 3.63) is 70.5 Å². The Balaban J connectivity index is 1.64. The summed E-state index contributed by atoms with van der Waals surface area (Å²) >= 11 is 5.74. The van der Waals surface area contributed by atoms with E-state index in [1.807, 2.05) is 0 Å². The Labute approximate surface area is 155 Å². The van der Waals surface area contributed by atoms with Crippen molar-refractivity contribution >= 4 is 29.3 Å². The quantitative estimate of drug-likeness (QED) is 0.434. The van der Waals surface area contributed by atoms with Crippen LogP contribution in [0.2, 0.25) is 5.02 Å². The van der Waals surface area contributed by atoms with Crippen LogP contribution in [0.15, 0.2) is 48.5 Å². The number of benzene rings is 2. The van der Waals surface area contributed by atoms with E-state index >= 15 is 0 Å². The number of hydrogen-bond acceptors (Lipinski definition) is 4. The number of halogens is 2. The Kier molecular flexibility index (Phi) is 7.29. The first kappa shape index (κ1) is 19.6. The van der Waals surface area contributed by atoms with Gasteiger partial charge in [-0.05, 0) is 55.0 Å². The van der Waals surface area contributed by atoms with Gasteiger partial charge in [-0.2, -0.15) is 0 Å². The van der Waals surface area contributed by atoms with Crippen molar-refractivity contribution in [1.29, 1.82) is 0 Å². The van der Waals surface area contributed by atoms with Crippen LogP contribution >= 0.6 is 11.6 Å². The summed E-state index contributed by atoms with van der Waals surface area (Å²) in [5.74, 6) is -1.57. The zero-order chi connectivity index (χ0) is 18.9. The summed E-state index contributed by atoms with van der Waals surface area (Å²) in [6.45, 7) is -0.212. The molecule has 0 saturated carbocycles. The normalized spacial score (nSPS) is 10.2. The number of Topliss-reactive ketones (excluding diaryl/α,β-unsaturated/α-hetero) is 1.